The highest BCUT2D eigenvalue weighted by molar-refractivity contribution is 5.94. The van der Waals surface area contributed by atoms with Crippen molar-refractivity contribution in [1.82, 2.24) is 9.55 Å². The van der Waals surface area contributed by atoms with Gasteiger partial charge in [-0.1, -0.05) is 6.92 Å². The number of hydrogen-bond donors (Lipinski definition) is 1. The molecule has 2 aromatic heterocycles. The number of aryl methyl sites for hydroxylation is 2. The molecule has 2 atom stereocenters. The van der Waals surface area contributed by atoms with E-state index < -0.39 is 11.6 Å². The zero-order valence-corrected chi connectivity index (χ0v) is 20.8. The molecule has 34 heavy (non-hydrogen) atoms. The maximum atomic E-state index is 13.6. The van der Waals surface area contributed by atoms with Crippen LogP contribution in [0.25, 0.3) is 22.3 Å². The maximum Gasteiger partial charge on any atom is 0.343 e. The zero-order valence-electron chi connectivity index (χ0n) is 20.8. The lowest BCUT2D eigenvalue weighted by atomic mass is 9.85. The Bertz CT molecular complexity index is 1470. The van der Waals surface area contributed by atoms with Crippen molar-refractivity contribution in [2.75, 3.05) is 7.11 Å². The average molecular weight is 463 g/mol. The Labute approximate surface area is 198 Å². The molecule has 0 spiro atoms. The molecule has 2 aliphatic heterocycles. The molecule has 1 aromatic carbocycles. The number of aromatic nitrogens is 2. The number of carbonyl (C=O) groups is 1. The summed E-state index contributed by atoms with van der Waals surface area (Å²) in [5, 5.41) is 12.2. The second-order valence-corrected chi connectivity index (χ2v) is 9.56. The Kier molecular flexibility index (Phi) is 5.01. The number of ether oxygens (including phenoxy) is 2. The molecule has 0 radical (unpaired) electrons. The van der Waals surface area contributed by atoms with Crippen molar-refractivity contribution >= 4 is 16.9 Å². The van der Waals surface area contributed by atoms with Crippen LogP contribution in [0, 0.1) is 27.7 Å². The van der Waals surface area contributed by atoms with Crippen LogP contribution in [0.15, 0.2) is 10.9 Å². The fourth-order valence-electron chi connectivity index (χ4n) is 5.57. The summed E-state index contributed by atoms with van der Waals surface area (Å²) in [4.78, 5) is 31.1. The molecule has 0 aliphatic carbocycles. The van der Waals surface area contributed by atoms with Crippen LogP contribution in [0.4, 0.5) is 0 Å². The monoisotopic (exact) mass is 462 g/mol. The second kappa shape index (κ2) is 7.48. The number of cyclic esters (lactones) is 1. The summed E-state index contributed by atoms with van der Waals surface area (Å²) in [5.74, 6) is -0.720. The normalized spacial score (nSPS) is 19.6. The van der Waals surface area contributed by atoms with Crippen LogP contribution < -0.4 is 5.56 Å². The number of benzene rings is 1. The van der Waals surface area contributed by atoms with Crippen molar-refractivity contribution in [1.29, 1.82) is 0 Å². The van der Waals surface area contributed by atoms with Gasteiger partial charge in [0.05, 0.1) is 35.1 Å². The molecule has 1 unspecified atom stereocenters. The topological polar surface area (TPSA) is 90.7 Å². The van der Waals surface area contributed by atoms with Gasteiger partial charge < -0.3 is 19.1 Å². The molecule has 0 saturated heterocycles. The van der Waals surface area contributed by atoms with E-state index in [2.05, 4.69) is 27.7 Å². The number of hydrogen-bond acceptors (Lipinski definition) is 6. The van der Waals surface area contributed by atoms with Crippen LogP contribution in [-0.2, 0) is 33.0 Å². The molecule has 5 rings (SSSR count). The number of carbonyl (C=O) groups excluding carboxylic acids is 1. The van der Waals surface area contributed by atoms with E-state index in [0.717, 1.165) is 33.2 Å². The van der Waals surface area contributed by atoms with Gasteiger partial charge in [-0.2, -0.15) is 0 Å². The molecule has 3 aromatic rings. The predicted octanol–water partition coefficient (Wildman–Crippen LogP) is 4.02. The summed E-state index contributed by atoms with van der Waals surface area (Å²) in [6, 6.07) is 1.76. The Morgan fingerprint density at radius 2 is 1.82 bits per heavy atom. The Balaban J connectivity index is 1.92. The summed E-state index contributed by atoms with van der Waals surface area (Å²) in [6.45, 7) is 12.3. The lowest BCUT2D eigenvalue weighted by Gasteiger charge is -2.31. The van der Waals surface area contributed by atoms with Crippen LogP contribution in [-0.4, -0.2) is 27.7 Å². The molecule has 0 fully saturated rings. The van der Waals surface area contributed by atoms with Crippen LogP contribution in [0.2, 0.25) is 0 Å². The van der Waals surface area contributed by atoms with Crippen molar-refractivity contribution in [2.24, 2.45) is 0 Å². The Hall–Kier alpha value is -3.03. The summed E-state index contributed by atoms with van der Waals surface area (Å²) >= 11 is 0. The smallest absolute Gasteiger partial charge is 0.343 e. The fourth-order valence-corrected chi connectivity index (χ4v) is 5.57. The number of rotatable bonds is 3. The predicted molar refractivity (Wildman–Crippen MR) is 129 cm³/mol. The van der Waals surface area contributed by atoms with Gasteiger partial charge in [0.15, 0.2) is 5.60 Å². The summed E-state index contributed by atoms with van der Waals surface area (Å²) in [6.07, 6.45) is -0.0979. The van der Waals surface area contributed by atoms with Gasteiger partial charge in [0.1, 0.15) is 6.61 Å². The number of aliphatic hydroxyl groups is 1. The molecule has 4 heterocycles. The zero-order chi connectivity index (χ0) is 24.7. The highest BCUT2D eigenvalue weighted by Gasteiger charge is 2.45. The first-order chi connectivity index (χ1) is 16.1. The molecule has 0 bridgehead atoms. The second-order valence-electron chi connectivity index (χ2n) is 9.56. The van der Waals surface area contributed by atoms with E-state index in [1.807, 2.05) is 6.92 Å². The fraction of sp³-hybridized carbons (Fsp3) is 0.444. The van der Waals surface area contributed by atoms with E-state index in [0.29, 0.717) is 29.1 Å². The minimum atomic E-state index is -1.84. The first kappa shape index (κ1) is 22.7. The van der Waals surface area contributed by atoms with E-state index in [1.54, 1.807) is 24.7 Å². The van der Waals surface area contributed by atoms with Crippen LogP contribution in [0.5, 0.6) is 0 Å². The highest BCUT2D eigenvalue weighted by Crippen LogP contribution is 2.44. The van der Waals surface area contributed by atoms with E-state index in [-0.39, 0.29) is 24.7 Å². The van der Waals surface area contributed by atoms with Crippen molar-refractivity contribution in [3.63, 3.8) is 0 Å². The van der Waals surface area contributed by atoms with Crippen LogP contribution in [0.1, 0.15) is 70.9 Å². The number of methoxy groups -OCH3 is 1. The SMILES string of the molecule is CC[C@@]1(O)C(=O)OCc2c1cc1n(c2=O)Cc2c-1nc1c(C)c(C)c(C)c(C)c1c2C(C)OC. The summed E-state index contributed by atoms with van der Waals surface area (Å²) in [7, 11) is 1.68. The van der Waals surface area contributed by atoms with E-state index in [1.165, 1.54) is 11.1 Å². The van der Waals surface area contributed by atoms with Crippen molar-refractivity contribution in [3.8, 4) is 11.4 Å². The molecule has 178 valence electrons. The van der Waals surface area contributed by atoms with Gasteiger partial charge in [0, 0.05) is 23.6 Å². The van der Waals surface area contributed by atoms with Crippen molar-refractivity contribution < 1.29 is 19.4 Å². The van der Waals surface area contributed by atoms with Crippen LogP contribution in [0.3, 0.4) is 0 Å². The molecule has 1 N–H and O–H groups in total. The summed E-state index contributed by atoms with van der Waals surface area (Å²) in [5.41, 5.74) is 7.41. The number of nitrogens with zero attached hydrogens (tertiary/aromatic N) is 2. The quantitative estimate of drug-likeness (QED) is 0.463. The third-order valence-corrected chi connectivity index (χ3v) is 8.12. The van der Waals surface area contributed by atoms with E-state index >= 15 is 0 Å². The largest absolute Gasteiger partial charge is 0.458 e. The molecule has 0 amide bonds. The standard InChI is InChI=1S/C27H30N2O5/c1-8-27(32)19-9-20-24-17(10-29(20)25(30)18(19)11-34-26(27)31)22(16(6)33-7)21-14(4)12(2)13(3)15(5)23(21)28-24/h9,16,32H,8,10-11H2,1-7H3/t16?,27-/m0/s1. The molecule has 2 aliphatic rings. The van der Waals surface area contributed by atoms with Gasteiger partial charge in [-0.15, -0.1) is 0 Å². The van der Waals surface area contributed by atoms with Gasteiger partial charge in [-0.05, 0) is 74.9 Å². The first-order valence-corrected chi connectivity index (χ1v) is 11.7. The number of pyridine rings is 2. The van der Waals surface area contributed by atoms with Gasteiger partial charge in [0.25, 0.3) is 5.56 Å². The number of esters is 1. The first-order valence-electron chi connectivity index (χ1n) is 11.7. The highest BCUT2D eigenvalue weighted by atomic mass is 16.6. The lowest BCUT2D eigenvalue weighted by Crippen LogP contribution is -2.44. The minimum absolute atomic E-state index is 0.114. The molecular formula is C27H30N2O5. The Morgan fingerprint density at radius 3 is 2.47 bits per heavy atom. The molecule has 0 saturated carbocycles. The third-order valence-electron chi connectivity index (χ3n) is 8.12. The van der Waals surface area contributed by atoms with Crippen molar-refractivity contribution in [2.45, 2.75) is 72.8 Å². The van der Waals surface area contributed by atoms with Crippen LogP contribution >= 0.6 is 0 Å². The number of fused-ring (bicyclic) bond motifs is 5. The van der Waals surface area contributed by atoms with Gasteiger partial charge in [-0.25, -0.2) is 9.78 Å². The van der Waals surface area contributed by atoms with Gasteiger partial charge in [0.2, 0.25) is 0 Å². The van der Waals surface area contributed by atoms with Gasteiger partial charge in [-0.3, -0.25) is 4.79 Å². The average Bonchev–Trinajstić information content (AvgIpc) is 3.21. The lowest BCUT2D eigenvalue weighted by molar-refractivity contribution is -0.172. The van der Waals surface area contributed by atoms with E-state index in [9.17, 15) is 14.7 Å². The molecular weight excluding hydrogens is 432 g/mol. The maximum absolute atomic E-state index is 13.6. The van der Waals surface area contributed by atoms with E-state index in [4.69, 9.17) is 14.5 Å². The van der Waals surface area contributed by atoms with Crippen molar-refractivity contribution in [3.05, 3.63) is 60.9 Å². The third kappa shape index (κ3) is 2.74. The minimum Gasteiger partial charge on any atom is -0.458 e. The summed E-state index contributed by atoms with van der Waals surface area (Å²) < 4.78 is 12.7. The molecule has 7 heteroatoms. The Morgan fingerprint density at radius 1 is 1.15 bits per heavy atom. The molecule has 7 nitrogen and oxygen atoms in total. The van der Waals surface area contributed by atoms with Gasteiger partial charge >= 0.3 is 5.97 Å².